The van der Waals surface area contributed by atoms with Crippen LogP contribution in [0.25, 0.3) is 0 Å². The van der Waals surface area contributed by atoms with E-state index in [9.17, 15) is 4.79 Å². The molecule has 3 heterocycles. The van der Waals surface area contributed by atoms with Crippen LogP contribution in [-0.4, -0.2) is 77.8 Å². The van der Waals surface area contributed by atoms with Crippen LogP contribution < -0.4 is 10.6 Å². The Morgan fingerprint density at radius 1 is 1.17 bits per heavy atom. The first-order chi connectivity index (χ1) is 14.5. The zero-order valence-electron chi connectivity index (χ0n) is 17.5. The van der Waals surface area contributed by atoms with Gasteiger partial charge in [-0.05, 0) is 25.1 Å². The number of anilines is 2. The van der Waals surface area contributed by atoms with E-state index in [0.29, 0.717) is 13.1 Å². The molecular formula is C22H30N6O2. The van der Waals surface area contributed by atoms with Crippen molar-refractivity contribution in [2.75, 3.05) is 56.9 Å². The Hall–Kier alpha value is -2.87. The molecule has 4 rings (SSSR count). The first-order valence-corrected chi connectivity index (χ1v) is 10.6. The Bertz CT molecular complexity index is 854. The van der Waals surface area contributed by atoms with Crippen LogP contribution >= 0.6 is 0 Å². The standard InChI is InChI=1S/C22H30N6O2/c1-26(12-8-18-5-3-2-4-6-18)15-16-28-17-22(30-21(28)29)9-13-27(14-10-22)19-7-11-24-20(23)25-19/h2-7,11H,8-10,12-17H2,1H3,(H2,23,24,25). The number of amides is 1. The lowest BCUT2D eigenvalue weighted by Crippen LogP contribution is -2.47. The lowest BCUT2D eigenvalue weighted by molar-refractivity contribution is 0.0366. The van der Waals surface area contributed by atoms with E-state index in [0.717, 1.165) is 51.3 Å². The van der Waals surface area contributed by atoms with Gasteiger partial charge >= 0.3 is 6.09 Å². The van der Waals surface area contributed by atoms with E-state index in [2.05, 4.69) is 51.1 Å². The second-order valence-electron chi connectivity index (χ2n) is 8.27. The Morgan fingerprint density at radius 3 is 2.67 bits per heavy atom. The molecule has 1 aromatic carbocycles. The van der Waals surface area contributed by atoms with Gasteiger partial charge in [-0.1, -0.05) is 30.3 Å². The lowest BCUT2D eigenvalue weighted by Gasteiger charge is -2.38. The molecule has 0 bridgehead atoms. The van der Waals surface area contributed by atoms with Crippen molar-refractivity contribution in [1.82, 2.24) is 19.8 Å². The number of nitrogens with two attached hydrogens (primary N) is 1. The van der Waals surface area contributed by atoms with E-state index in [1.165, 1.54) is 5.56 Å². The SMILES string of the molecule is CN(CCc1ccccc1)CCN1CC2(CCN(c3ccnc(N)n3)CC2)OC1=O. The Balaban J connectivity index is 1.24. The maximum atomic E-state index is 12.5. The second kappa shape index (κ2) is 8.87. The average molecular weight is 411 g/mol. The van der Waals surface area contributed by atoms with Crippen LogP contribution in [0.4, 0.5) is 16.6 Å². The Kier molecular flexibility index (Phi) is 6.03. The smallest absolute Gasteiger partial charge is 0.410 e. The van der Waals surface area contributed by atoms with Crippen LogP contribution in [0, 0.1) is 0 Å². The van der Waals surface area contributed by atoms with Crippen molar-refractivity contribution in [3.8, 4) is 0 Å². The van der Waals surface area contributed by atoms with E-state index >= 15 is 0 Å². The molecule has 0 atom stereocenters. The predicted molar refractivity (Wildman–Crippen MR) is 116 cm³/mol. The van der Waals surface area contributed by atoms with Gasteiger partial charge in [-0.15, -0.1) is 0 Å². The van der Waals surface area contributed by atoms with Gasteiger partial charge in [0.25, 0.3) is 0 Å². The molecule has 2 aromatic rings. The van der Waals surface area contributed by atoms with Crippen LogP contribution in [0.3, 0.4) is 0 Å². The number of hydrogen-bond acceptors (Lipinski definition) is 7. The number of nitrogens with zero attached hydrogens (tertiary/aromatic N) is 5. The highest BCUT2D eigenvalue weighted by Crippen LogP contribution is 2.34. The van der Waals surface area contributed by atoms with Gasteiger partial charge < -0.3 is 25.2 Å². The fraction of sp³-hybridized carbons (Fsp3) is 0.500. The van der Waals surface area contributed by atoms with Gasteiger partial charge in [-0.2, -0.15) is 4.98 Å². The molecule has 0 aliphatic carbocycles. The molecule has 2 N–H and O–H groups in total. The van der Waals surface area contributed by atoms with Gasteiger partial charge in [0.2, 0.25) is 5.95 Å². The lowest BCUT2D eigenvalue weighted by atomic mass is 9.91. The average Bonchev–Trinajstić information content (AvgIpc) is 3.06. The van der Waals surface area contributed by atoms with Crippen molar-refractivity contribution in [3.63, 3.8) is 0 Å². The minimum Gasteiger partial charge on any atom is -0.441 e. The molecule has 0 radical (unpaired) electrons. The molecule has 1 spiro atoms. The summed E-state index contributed by atoms with van der Waals surface area (Å²) < 4.78 is 5.86. The first-order valence-electron chi connectivity index (χ1n) is 10.6. The molecule has 2 saturated heterocycles. The quantitative estimate of drug-likeness (QED) is 0.747. The molecule has 8 heteroatoms. The molecule has 160 valence electrons. The van der Waals surface area contributed by atoms with Crippen LogP contribution in [0.5, 0.6) is 0 Å². The summed E-state index contributed by atoms with van der Waals surface area (Å²) in [6.45, 7) is 4.73. The summed E-state index contributed by atoms with van der Waals surface area (Å²) in [6, 6.07) is 12.3. The summed E-state index contributed by atoms with van der Waals surface area (Å²) in [5.41, 5.74) is 6.65. The van der Waals surface area contributed by atoms with Gasteiger partial charge in [0.1, 0.15) is 11.4 Å². The van der Waals surface area contributed by atoms with Crippen LogP contribution in [0.2, 0.25) is 0 Å². The summed E-state index contributed by atoms with van der Waals surface area (Å²) >= 11 is 0. The summed E-state index contributed by atoms with van der Waals surface area (Å²) in [4.78, 5) is 27.0. The minimum absolute atomic E-state index is 0.189. The largest absolute Gasteiger partial charge is 0.441 e. The van der Waals surface area contributed by atoms with Gasteiger partial charge in [0, 0.05) is 51.8 Å². The maximum absolute atomic E-state index is 12.5. The zero-order valence-corrected chi connectivity index (χ0v) is 17.5. The number of piperidine rings is 1. The van der Waals surface area contributed by atoms with E-state index in [-0.39, 0.29) is 17.6 Å². The third-order valence-electron chi connectivity index (χ3n) is 6.08. The van der Waals surface area contributed by atoms with Crippen LogP contribution in [0.15, 0.2) is 42.6 Å². The molecule has 0 saturated carbocycles. The van der Waals surface area contributed by atoms with Crippen molar-refractivity contribution >= 4 is 17.9 Å². The van der Waals surface area contributed by atoms with Crippen molar-refractivity contribution in [3.05, 3.63) is 48.2 Å². The fourth-order valence-electron chi connectivity index (χ4n) is 4.18. The van der Waals surface area contributed by atoms with E-state index in [4.69, 9.17) is 10.5 Å². The first kappa shape index (κ1) is 20.4. The molecular weight excluding hydrogens is 380 g/mol. The normalized spacial score (nSPS) is 18.3. The number of likely N-dealkylation sites (N-methyl/N-ethyl adjacent to an activating group) is 1. The van der Waals surface area contributed by atoms with Gasteiger partial charge in [0.15, 0.2) is 0 Å². The third kappa shape index (κ3) is 4.81. The molecule has 8 nitrogen and oxygen atoms in total. The second-order valence-corrected chi connectivity index (χ2v) is 8.27. The van der Waals surface area contributed by atoms with E-state index in [1.807, 2.05) is 17.0 Å². The summed E-state index contributed by atoms with van der Waals surface area (Å²) in [5.74, 6) is 1.11. The Labute approximate surface area is 177 Å². The highest BCUT2D eigenvalue weighted by Gasteiger charge is 2.46. The zero-order chi connectivity index (χ0) is 21.0. The molecule has 30 heavy (non-hydrogen) atoms. The minimum atomic E-state index is -0.380. The maximum Gasteiger partial charge on any atom is 0.410 e. The molecule has 1 aromatic heterocycles. The molecule has 0 unspecified atom stereocenters. The highest BCUT2D eigenvalue weighted by molar-refractivity contribution is 5.70. The molecule has 1 amide bonds. The number of hydrogen-bond donors (Lipinski definition) is 1. The number of carbonyl (C=O) groups excluding carboxylic acids is 1. The number of carbonyl (C=O) groups is 1. The van der Waals surface area contributed by atoms with Crippen molar-refractivity contribution in [1.29, 1.82) is 0 Å². The predicted octanol–water partition coefficient (Wildman–Crippen LogP) is 2.02. The number of nitrogen functional groups attached to an aromatic ring is 1. The topological polar surface area (TPSA) is 87.8 Å². The number of benzene rings is 1. The summed E-state index contributed by atoms with van der Waals surface area (Å²) in [5, 5.41) is 0. The third-order valence-corrected chi connectivity index (χ3v) is 6.08. The van der Waals surface area contributed by atoms with Crippen molar-refractivity contribution in [2.24, 2.45) is 0 Å². The molecule has 2 fully saturated rings. The monoisotopic (exact) mass is 410 g/mol. The number of aromatic nitrogens is 2. The van der Waals surface area contributed by atoms with Crippen LogP contribution in [0.1, 0.15) is 18.4 Å². The highest BCUT2D eigenvalue weighted by atomic mass is 16.6. The van der Waals surface area contributed by atoms with Crippen molar-refractivity contribution in [2.45, 2.75) is 24.9 Å². The van der Waals surface area contributed by atoms with Gasteiger partial charge in [-0.3, -0.25) is 0 Å². The Morgan fingerprint density at radius 2 is 1.93 bits per heavy atom. The van der Waals surface area contributed by atoms with Crippen molar-refractivity contribution < 1.29 is 9.53 Å². The molecule has 2 aliphatic heterocycles. The summed E-state index contributed by atoms with van der Waals surface area (Å²) in [7, 11) is 2.10. The molecule has 2 aliphatic rings. The number of ether oxygens (including phenoxy) is 1. The van der Waals surface area contributed by atoms with Gasteiger partial charge in [-0.25, -0.2) is 9.78 Å². The van der Waals surface area contributed by atoms with Crippen LogP contribution in [-0.2, 0) is 11.2 Å². The fourth-order valence-corrected chi connectivity index (χ4v) is 4.18. The van der Waals surface area contributed by atoms with E-state index < -0.39 is 0 Å². The summed E-state index contributed by atoms with van der Waals surface area (Å²) in [6.07, 6.45) is 4.08. The van der Waals surface area contributed by atoms with E-state index in [1.54, 1.807) is 6.20 Å². The van der Waals surface area contributed by atoms with Gasteiger partial charge in [0.05, 0.1) is 6.54 Å². The number of rotatable bonds is 7.